The number of carboxylic acid groups (broad SMARTS) is 1. The Hall–Kier alpha value is -1.97. The van der Waals surface area contributed by atoms with E-state index in [9.17, 15) is 4.79 Å². The zero-order valence-corrected chi connectivity index (χ0v) is 12.3. The first-order chi connectivity index (χ1) is 9.63. The van der Waals surface area contributed by atoms with Gasteiger partial charge in [-0.05, 0) is 31.9 Å². The fourth-order valence-corrected chi connectivity index (χ4v) is 2.03. The SMILES string of the molecule is CCC/C(=C\C(=O)O)c1cccc(OCC)c1OCC. The van der Waals surface area contributed by atoms with Gasteiger partial charge < -0.3 is 14.6 Å². The molecule has 1 aromatic rings. The number of hydrogen-bond donors (Lipinski definition) is 1. The molecule has 0 aromatic heterocycles. The van der Waals surface area contributed by atoms with Crippen LogP contribution in [0.25, 0.3) is 5.57 Å². The topological polar surface area (TPSA) is 55.8 Å². The molecule has 0 spiro atoms. The molecule has 0 bridgehead atoms. The minimum atomic E-state index is -0.947. The molecule has 1 aromatic carbocycles. The maximum Gasteiger partial charge on any atom is 0.328 e. The summed E-state index contributed by atoms with van der Waals surface area (Å²) in [6, 6.07) is 5.56. The van der Waals surface area contributed by atoms with Crippen LogP contribution in [0.4, 0.5) is 0 Å². The lowest BCUT2D eigenvalue weighted by atomic mass is 9.99. The van der Waals surface area contributed by atoms with Crippen LogP contribution in [-0.4, -0.2) is 24.3 Å². The minimum absolute atomic E-state index is 0.504. The summed E-state index contributed by atoms with van der Waals surface area (Å²) in [5.41, 5.74) is 1.55. The molecule has 0 saturated heterocycles. The van der Waals surface area contributed by atoms with E-state index in [1.165, 1.54) is 6.08 Å². The minimum Gasteiger partial charge on any atom is -0.490 e. The van der Waals surface area contributed by atoms with Crippen LogP contribution in [0, 0.1) is 0 Å². The number of hydrogen-bond acceptors (Lipinski definition) is 3. The molecule has 20 heavy (non-hydrogen) atoms. The Bertz CT molecular complexity index is 477. The number of rotatable bonds is 8. The van der Waals surface area contributed by atoms with E-state index in [-0.39, 0.29) is 0 Å². The number of benzene rings is 1. The van der Waals surface area contributed by atoms with Gasteiger partial charge in [-0.25, -0.2) is 4.79 Å². The first-order valence-corrected chi connectivity index (χ1v) is 6.96. The average molecular weight is 278 g/mol. The molecule has 0 aliphatic rings. The number of allylic oxidation sites excluding steroid dienone is 1. The summed E-state index contributed by atoms with van der Waals surface area (Å²) in [5, 5.41) is 9.02. The summed E-state index contributed by atoms with van der Waals surface area (Å²) >= 11 is 0. The highest BCUT2D eigenvalue weighted by Crippen LogP contribution is 2.37. The normalized spacial score (nSPS) is 11.2. The van der Waals surface area contributed by atoms with Crippen molar-refractivity contribution in [1.29, 1.82) is 0 Å². The van der Waals surface area contributed by atoms with Crippen molar-refractivity contribution in [2.75, 3.05) is 13.2 Å². The predicted octanol–water partition coefficient (Wildman–Crippen LogP) is 3.75. The van der Waals surface area contributed by atoms with Gasteiger partial charge in [-0.2, -0.15) is 0 Å². The first kappa shape index (κ1) is 16.1. The molecule has 0 atom stereocenters. The Balaban J connectivity index is 3.32. The van der Waals surface area contributed by atoms with Gasteiger partial charge in [0.25, 0.3) is 0 Å². The molecule has 4 heteroatoms. The molecule has 0 radical (unpaired) electrons. The standard InChI is InChI=1S/C16H22O4/c1-4-8-12(11-15(17)18)13-9-7-10-14(19-5-2)16(13)20-6-3/h7,9-11H,4-6,8H2,1-3H3,(H,17,18)/b12-11+. The van der Waals surface area contributed by atoms with E-state index in [0.717, 1.165) is 17.6 Å². The van der Waals surface area contributed by atoms with Crippen molar-refractivity contribution in [2.45, 2.75) is 33.6 Å². The maximum absolute atomic E-state index is 11.0. The summed E-state index contributed by atoms with van der Waals surface area (Å²) in [7, 11) is 0. The summed E-state index contributed by atoms with van der Waals surface area (Å²) in [4.78, 5) is 11.0. The highest BCUT2D eigenvalue weighted by atomic mass is 16.5. The Morgan fingerprint density at radius 2 is 1.90 bits per heavy atom. The highest BCUT2D eigenvalue weighted by Gasteiger charge is 2.14. The van der Waals surface area contributed by atoms with Crippen LogP contribution in [0.2, 0.25) is 0 Å². The van der Waals surface area contributed by atoms with Crippen molar-refractivity contribution in [1.82, 2.24) is 0 Å². The van der Waals surface area contributed by atoms with Crippen molar-refractivity contribution in [3.05, 3.63) is 29.8 Å². The van der Waals surface area contributed by atoms with Crippen molar-refractivity contribution in [3.63, 3.8) is 0 Å². The molecule has 1 N–H and O–H groups in total. The van der Waals surface area contributed by atoms with Gasteiger partial charge in [-0.1, -0.05) is 25.5 Å². The maximum atomic E-state index is 11.0. The molecule has 0 amide bonds. The van der Waals surface area contributed by atoms with Crippen LogP contribution in [0.15, 0.2) is 24.3 Å². The fraction of sp³-hybridized carbons (Fsp3) is 0.438. The lowest BCUT2D eigenvalue weighted by molar-refractivity contribution is -0.131. The second kappa shape index (κ2) is 8.25. The van der Waals surface area contributed by atoms with Crippen LogP contribution in [-0.2, 0) is 4.79 Å². The Morgan fingerprint density at radius 1 is 1.20 bits per heavy atom. The zero-order chi connectivity index (χ0) is 15.0. The second-order valence-electron chi connectivity index (χ2n) is 4.26. The van der Waals surface area contributed by atoms with Crippen molar-refractivity contribution < 1.29 is 19.4 Å². The van der Waals surface area contributed by atoms with Gasteiger partial charge in [-0.15, -0.1) is 0 Å². The van der Waals surface area contributed by atoms with Gasteiger partial charge in [0.15, 0.2) is 11.5 Å². The molecule has 0 fully saturated rings. The van der Waals surface area contributed by atoms with E-state index in [1.54, 1.807) is 0 Å². The van der Waals surface area contributed by atoms with Gasteiger partial charge in [0.05, 0.1) is 13.2 Å². The summed E-state index contributed by atoms with van der Waals surface area (Å²) in [6.45, 7) is 6.86. The third-order valence-corrected chi connectivity index (χ3v) is 2.73. The second-order valence-corrected chi connectivity index (χ2v) is 4.26. The average Bonchev–Trinajstić information content (AvgIpc) is 2.40. The Morgan fingerprint density at radius 3 is 2.45 bits per heavy atom. The van der Waals surface area contributed by atoms with E-state index >= 15 is 0 Å². The van der Waals surface area contributed by atoms with Crippen LogP contribution >= 0.6 is 0 Å². The van der Waals surface area contributed by atoms with Gasteiger partial charge in [-0.3, -0.25) is 0 Å². The van der Waals surface area contributed by atoms with E-state index in [1.807, 2.05) is 39.0 Å². The molecule has 0 unspecified atom stereocenters. The number of ether oxygens (including phenoxy) is 2. The number of carbonyl (C=O) groups is 1. The molecule has 0 aliphatic carbocycles. The number of aliphatic carboxylic acids is 1. The first-order valence-electron chi connectivity index (χ1n) is 6.96. The molecule has 110 valence electrons. The highest BCUT2D eigenvalue weighted by molar-refractivity contribution is 5.91. The van der Waals surface area contributed by atoms with Crippen LogP contribution in [0.3, 0.4) is 0 Å². The Kier molecular flexibility index (Phi) is 6.64. The van der Waals surface area contributed by atoms with E-state index in [2.05, 4.69) is 0 Å². The van der Waals surface area contributed by atoms with E-state index in [4.69, 9.17) is 14.6 Å². The lowest BCUT2D eigenvalue weighted by Crippen LogP contribution is -2.02. The van der Waals surface area contributed by atoms with Crippen LogP contribution in [0.5, 0.6) is 11.5 Å². The molecular formula is C16H22O4. The van der Waals surface area contributed by atoms with Crippen LogP contribution in [0.1, 0.15) is 39.2 Å². The molecule has 4 nitrogen and oxygen atoms in total. The van der Waals surface area contributed by atoms with Gasteiger partial charge in [0.1, 0.15) is 0 Å². The van der Waals surface area contributed by atoms with Gasteiger partial charge in [0.2, 0.25) is 0 Å². The molecular weight excluding hydrogens is 256 g/mol. The molecule has 0 heterocycles. The van der Waals surface area contributed by atoms with E-state index < -0.39 is 5.97 Å². The van der Waals surface area contributed by atoms with Gasteiger partial charge >= 0.3 is 5.97 Å². The molecule has 1 rings (SSSR count). The van der Waals surface area contributed by atoms with Gasteiger partial charge in [0, 0.05) is 11.6 Å². The quantitative estimate of drug-likeness (QED) is 0.736. The molecule has 0 saturated carbocycles. The Labute approximate surface area is 120 Å². The smallest absolute Gasteiger partial charge is 0.328 e. The van der Waals surface area contributed by atoms with Crippen molar-refractivity contribution >= 4 is 11.5 Å². The third-order valence-electron chi connectivity index (χ3n) is 2.73. The predicted molar refractivity (Wildman–Crippen MR) is 79.3 cm³/mol. The summed E-state index contributed by atoms with van der Waals surface area (Å²) < 4.78 is 11.2. The number of carboxylic acids is 1. The largest absolute Gasteiger partial charge is 0.490 e. The monoisotopic (exact) mass is 278 g/mol. The van der Waals surface area contributed by atoms with Crippen molar-refractivity contribution in [3.8, 4) is 11.5 Å². The lowest BCUT2D eigenvalue weighted by Gasteiger charge is -2.16. The van der Waals surface area contributed by atoms with E-state index in [0.29, 0.717) is 31.1 Å². The summed E-state index contributed by atoms with van der Waals surface area (Å²) in [6.07, 6.45) is 2.79. The van der Waals surface area contributed by atoms with Crippen LogP contribution < -0.4 is 9.47 Å². The molecule has 0 aliphatic heterocycles. The zero-order valence-electron chi connectivity index (χ0n) is 12.3. The number of para-hydroxylation sites is 1. The summed E-state index contributed by atoms with van der Waals surface area (Å²) in [5.74, 6) is 0.328. The third kappa shape index (κ3) is 4.30. The fourth-order valence-electron chi connectivity index (χ4n) is 2.03. The van der Waals surface area contributed by atoms with Crippen molar-refractivity contribution in [2.24, 2.45) is 0 Å².